The highest BCUT2D eigenvalue weighted by molar-refractivity contribution is 5.85. The number of halogens is 1. The quantitative estimate of drug-likeness (QED) is 0.821. The molecule has 1 saturated heterocycles. The largest absolute Gasteiger partial charge is 0.365 e. The first-order chi connectivity index (χ1) is 7.40. The van der Waals surface area contributed by atoms with Crippen LogP contribution in [-0.2, 0) is 0 Å². The van der Waals surface area contributed by atoms with E-state index in [1.807, 2.05) is 0 Å². The second-order valence-corrected chi connectivity index (χ2v) is 3.70. The van der Waals surface area contributed by atoms with Crippen LogP contribution in [0.5, 0.6) is 0 Å². The number of pyridine rings is 1. The number of hydrogen-bond donors (Lipinski definition) is 2. The van der Waals surface area contributed by atoms with Crippen molar-refractivity contribution in [3.05, 3.63) is 23.9 Å². The summed E-state index contributed by atoms with van der Waals surface area (Å²) in [4.78, 5) is 4.18. The SMILES string of the molecule is Cl.N#Cc1cccnc1N[C@@H]1CCCNC1. The van der Waals surface area contributed by atoms with Crippen molar-refractivity contribution in [2.45, 2.75) is 18.9 Å². The Labute approximate surface area is 101 Å². The lowest BCUT2D eigenvalue weighted by Gasteiger charge is -2.24. The summed E-state index contributed by atoms with van der Waals surface area (Å²) in [5.74, 6) is 0.703. The highest BCUT2D eigenvalue weighted by atomic mass is 35.5. The Morgan fingerprint density at radius 3 is 3.12 bits per heavy atom. The van der Waals surface area contributed by atoms with E-state index in [0.29, 0.717) is 17.4 Å². The fourth-order valence-electron chi connectivity index (χ4n) is 1.78. The molecule has 0 saturated carbocycles. The van der Waals surface area contributed by atoms with Crippen molar-refractivity contribution < 1.29 is 0 Å². The fourth-order valence-corrected chi connectivity index (χ4v) is 1.78. The van der Waals surface area contributed by atoms with Crippen molar-refractivity contribution in [2.24, 2.45) is 0 Å². The average Bonchev–Trinajstić information content (AvgIpc) is 2.31. The van der Waals surface area contributed by atoms with Crippen LogP contribution in [0.4, 0.5) is 5.82 Å². The summed E-state index contributed by atoms with van der Waals surface area (Å²) in [5, 5.41) is 15.5. The zero-order valence-corrected chi connectivity index (χ0v) is 9.76. The first kappa shape index (κ1) is 12.8. The van der Waals surface area contributed by atoms with E-state index in [1.165, 1.54) is 6.42 Å². The fraction of sp³-hybridized carbons (Fsp3) is 0.455. The number of piperidine rings is 1. The molecule has 16 heavy (non-hydrogen) atoms. The number of nitrogens with zero attached hydrogens (tertiary/aromatic N) is 2. The van der Waals surface area contributed by atoms with Gasteiger partial charge in [0.15, 0.2) is 0 Å². The number of aromatic nitrogens is 1. The lowest BCUT2D eigenvalue weighted by molar-refractivity contribution is 0.479. The normalized spacial score (nSPS) is 19.3. The van der Waals surface area contributed by atoms with Crippen LogP contribution in [-0.4, -0.2) is 24.1 Å². The summed E-state index contributed by atoms with van der Waals surface area (Å²) < 4.78 is 0. The second-order valence-electron chi connectivity index (χ2n) is 3.70. The van der Waals surface area contributed by atoms with E-state index < -0.39 is 0 Å². The van der Waals surface area contributed by atoms with Crippen LogP contribution < -0.4 is 10.6 Å². The van der Waals surface area contributed by atoms with Crippen molar-refractivity contribution in [3.8, 4) is 6.07 Å². The van der Waals surface area contributed by atoms with Crippen LogP contribution in [0.15, 0.2) is 18.3 Å². The Hall–Kier alpha value is -1.31. The van der Waals surface area contributed by atoms with Crippen LogP contribution in [0.2, 0.25) is 0 Å². The highest BCUT2D eigenvalue weighted by Crippen LogP contribution is 2.13. The number of anilines is 1. The van der Waals surface area contributed by atoms with Gasteiger partial charge in [0.05, 0.1) is 5.56 Å². The van der Waals surface area contributed by atoms with Gasteiger partial charge >= 0.3 is 0 Å². The van der Waals surface area contributed by atoms with Crippen molar-refractivity contribution in [1.29, 1.82) is 5.26 Å². The predicted molar refractivity (Wildman–Crippen MR) is 65.7 cm³/mol. The van der Waals surface area contributed by atoms with Gasteiger partial charge in [-0.25, -0.2) is 4.98 Å². The van der Waals surface area contributed by atoms with Crippen molar-refractivity contribution >= 4 is 18.2 Å². The van der Waals surface area contributed by atoms with Crippen LogP contribution >= 0.6 is 12.4 Å². The first-order valence-corrected chi connectivity index (χ1v) is 5.22. The Morgan fingerprint density at radius 1 is 1.56 bits per heavy atom. The lowest BCUT2D eigenvalue weighted by atomic mass is 10.1. The van der Waals surface area contributed by atoms with Gasteiger partial charge in [0.1, 0.15) is 11.9 Å². The minimum atomic E-state index is 0. The summed E-state index contributed by atoms with van der Waals surface area (Å²) >= 11 is 0. The first-order valence-electron chi connectivity index (χ1n) is 5.22. The molecule has 86 valence electrons. The Morgan fingerprint density at radius 2 is 2.44 bits per heavy atom. The van der Waals surface area contributed by atoms with E-state index in [9.17, 15) is 0 Å². The molecule has 0 unspecified atom stereocenters. The van der Waals surface area contributed by atoms with Gasteiger partial charge in [-0.2, -0.15) is 5.26 Å². The van der Waals surface area contributed by atoms with Gasteiger partial charge < -0.3 is 10.6 Å². The molecule has 1 aliphatic rings. The zero-order valence-electron chi connectivity index (χ0n) is 8.94. The van der Waals surface area contributed by atoms with E-state index >= 15 is 0 Å². The van der Waals surface area contributed by atoms with E-state index in [0.717, 1.165) is 19.5 Å². The molecule has 4 nitrogen and oxygen atoms in total. The summed E-state index contributed by atoms with van der Waals surface area (Å²) in [6.45, 7) is 2.03. The third kappa shape index (κ3) is 3.09. The Kier molecular flexibility index (Phi) is 5.03. The summed E-state index contributed by atoms with van der Waals surface area (Å²) in [5.41, 5.74) is 0.614. The molecule has 2 heterocycles. The maximum absolute atomic E-state index is 8.90. The monoisotopic (exact) mass is 238 g/mol. The average molecular weight is 239 g/mol. The lowest BCUT2D eigenvalue weighted by Crippen LogP contribution is -2.38. The van der Waals surface area contributed by atoms with Gasteiger partial charge in [-0.1, -0.05) is 0 Å². The molecule has 0 radical (unpaired) electrons. The maximum atomic E-state index is 8.90. The minimum absolute atomic E-state index is 0. The molecule has 0 spiro atoms. The van der Waals surface area contributed by atoms with E-state index in [1.54, 1.807) is 18.3 Å². The zero-order chi connectivity index (χ0) is 10.5. The number of nitriles is 1. The van der Waals surface area contributed by atoms with Crippen molar-refractivity contribution in [2.75, 3.05) is 18.4 Å². The molecule has 1 aliphatic heterocycles. The molecule has 0 amide bonds. The van der Waals surface area contributed by atoms with E-state index in [-0.39, 0.29) is 12.4 Å². The third-order valence-corrected chi connectivity index (χ3v) is 2.57. The molecule has 1 aromatic rings. The van der Waals surface area contributed by atoms with Gasteiger partial charge in [0.2, 0.25) is 0 Å². The molecule has 1 fully saturated rings. The van der Waals surface area contributed by atoms with E-state index in [4.69, 9.17) is 5.26 Å². The van der Waals surface area contributed by atoms with Crippen molar-refractivity contribution in [1.82, 2.24) is 10.3 Å². The van der Waals surface area contributed by atoms with Gasteiger partial charge in [-0.05, 0) is 31.5 Å². The molecule has 0 aromatic carbocycles. The van der Waals surface area contributed by atoms with Crippen LogP contribution in [0.25, 0.3) is 0 Å². The molecule has 1 atom stereocenters. The number of hydrogen-bond acceptors (Lipinski definition) is 4. The molecular weight excluding hydrogens is 224 g/mol. The third-order valence-electron chi connectivity index (χ3n) is 2.57. The minimum Gasteiger partial charge on any atom is -0.365 e. The van der Waals surface area contributed by atoms with E-state index in [2.05, 4.69) is 21.7 Å². The standard InChI is InChI=1S/C11H14N4.ClH/c12-7-9-3-1-6-14-11(9)15-10-4-2-5-13-8-10;/h1,3,6,10,13H,2,4-5,8H2,(H,14,15);1H/t10-;/m1./s1. The Bertz CT molecular complexity index is 368. The molecule has 2 N–H and O–H groups in total. The van der Waals surface area contributed by atoms with Gasteiger partial charge in [-0.3, -0.25) is 0 Å². The predicted octanol–water partition coefficient (Wildman–Crippen LogP) is 1.54. The molecule has 0 aliphatic carbocycles. The summed E-state index contributed by atoms with van der Waals surface area (Å²) in [7, 11) is 0. The van der Waals surface area contributed by atoms with Crippen molar-refractivity contribution in [3.63, 3.8) is 0 Å². The second kappa shape index (κ2) is 6.31. The highest BCUT2D eigenvalue weighted by Gasteiger charge is 2.14. The molecule has 5 heteroatoms. The Balaban J connectivity index is 0.00000128. The van der Waals surface area contributed by atoms with Gasteiger partial charge in [0, 0.05) is 18.8 Å². The molecular formula is C11H15ClN4. The smallest absolute Gasteiger partial charge is 0.144 e. The topological polar surface area (TPSA) is 60.7 Å². The molecule has 0 bridgehead atoms. The maximum Gasteiger partial charge on any atom is 0.144 e. The molecule has 1 aromatic heterocycles. The molecule has 2 rings (SSSR count). The summed E-state index contributed by atoms with van der Waals surface area (Å²) in [6.07, 6.45) is 4.01. The van der Waals surface area contributed by atoms with Crippen LogP contribution in [0.3, 0.4) is 0 Å². The number of rotatable bonds is 2. The van der Waals surface area contributed by atoms with Gasteiger partial charge in [-0.15, -0.1) is 12.4 Å². The van der Waals surface area contributed by atoms with Crippen LogP contribution in [0.1, 0.15) is 18.4 Å². The van der Waals surface area contributed by atoms with Crippen LogP contribution in [0, 0.1) is 11.3 Å². The van der Waals surface area contributed by atoms with Gasteiger partial charge in [0.25, 0.3) is 0 Å². The summed E-state index contributed by atoms with van der Waals surface area (Å²) in [6, 6.07) is 6.09. The number of nitrogens with one attached hydrogen (secondary N) is 2.